The number of thiophene rings is 1. The summed E-state index contributed by atoms with van der Waals surface area (Å²) >= 11 is 1.74. The van der Waals surface area contributed by atoms with Crippen molar-refractivity contribution < 1.29 is 4.39 Å². The van der Waals surface area contributed by atoms with Gasteiger partial charge in [0.1, 0.15) is 5.82 Å². The zero-order valence-electron chi connectivity index (χ0n) is 11.3. The van der Waals surface area contributed by atoms with Crippen LogP contribution in [0.25, 0.3) is 10.1 Å². The van der Waals surface area contributed by atoms with E-state index in [1.807, 2.05) is 19.1 Å². The minimum Gasteiger partial charge on any atom is -0.324 e. The summed E-state index contributed by atoms with van der Waals surface area (Å²) in [6.45, 7) is 1.91. The fraction of sp³-hybridized carbons (Fsp3) is 0.176. The third-order valence-electron chi connectivity index (χ3n) is 3.63. The highest BCUT2D eigenvalue weighted by Gasteiger charge is 2.13. The molecule has 0 radical (unpaired) electrons. The summed E-state index contributed by atoms with van der Waals surface area (Å²) in [6.07, 6.45) is 0.774. The summed E-state index contributed by atoms with van der Waals surface area (Å²) in [7, 11) is 0. The van der Waals surface area contributed by atoms with Gasteiger partial charge in [0.2, 0.25) is 0 Å². The Kier molecular flexibility index (Phi) is 3.55. The summed E-state index contributed by atoms with van der Waals surface area (Å²) in [4.78, 5) is 0. The van der Waals surface area contributed by atoms with Crippen LogP contribution in [0.1, 0.15) is 22.7 Å². The molecule has 0 saturated heterocycles. The van der Waals surface area contributed by atoms with Crippen LogP contribution >= 0.6 is 11.3 Å². The Morgan fingerprint density at radius 3 is 2.80 bits per heavy atom. The number of benzene rings is 2. The number of nitrogens with two attached hydrogens (primary N) is 1. The molecule has 1 unspecified atom stereocenters. The maximum atomic E-state index is 13.2. The van der Waals surface area contributed by atoms with Crippen molar-refractivity contribution in [3.05, 3.63) is 70.4 Å². The first-order chi connectivity index (χ1) is 9.65. The van der Waals surface area contributed by atoms with Crippen molar-refractivity contribution in [3.8, 4) is 0 Å². The van der Waals surface area contributed by atoms with Crippen molar-refractivity contribution in [1.82, 2.24) is 0 Å². The van der Waals surface area contributed by atoms with E-state index in [0.29, 0.717) is 0 Å². The topological polar surface area (TPSA) is 26.0 Å². The summed E-state index contributed by atoms with van der Waals surface area (Å²) in [5, 5.41) is 3.44. The van der Waals surface area contributed by atoms with Gasteiger partial charge >= 0.3 is 0 Å². The molecule has 3 heteroatoms. The number of rotatable bonds is 3. The smallest absolute Gasteiger partial charge is 0.123 e. The van der Waals surface area contributed by atoms with E-state index in [1.54, 1.807) is 23.5 Å². The molecule has 0 bridgehead atoms. The lowest BCUT2D eigenvalue weighted by atomic mass is 9.96. The number of hydrogen-bond acceptors (Lipinski definition) is 2. The molecule has 0 saturated carbocycles. The van der Waals surface area contributed by atoms with Crippen LogP contribution < -0.4 is 5.73 Å². The fourth-order valence-electron chi connectivity index (χ4n) is 2.59. The van der Waals surface area contributed by atoms with Crippen molar-refractivity contribution in [2.75, 3.05) is 0 Å². The van der Waals surface area contributed by atoms with Gasteiger partial charge in [-0.3, -0.25) is 0 Å². The van der Waals surface area contributed by atoms with Crippen LogP contribution in [-0.4, -0.2) is 0 Å². The summed E-state index contributed by atoms with van der Waals surface area (Å²) in [6, 6.07) is 13.1. The van der Waals surface area contributed by atoms with Gasteiger partial charge in [0.05, 0.1) is 0 Å². The Bertz CT molecular complexity index is 748. The second-order valence-electron chi connectivity index (χ2n) is 5.07. The molecule has 3 aromatic rings. The van der Waals surface area contributed by atoms with Crippen LogP contribution in [0.5, 0.6) is 0 Å². The third-order valence-corrected chi connectivity index (χ3v) is 4.64. The van der Waals surface area contributed by atoms with E-state index < -0.39 is 0 Å². The summed E-state index contributed by atoms with van der Waals surface area (Å²) in [5.74, 6) is -0.209. The largest absolute Gasteiger partial charge is 0.324 e. The molecule has 0 fully saturated rings. The molecule has 0 aliphatic heterocycles. The Hall–Kier alpha value is -1.71. The maximum Gasteiger partial charge on any atom is 0.123 e. The molecule has 1 nitrogen and oxygen atoms in total. The zero-order chi connectivity index (χ0) is 14.1. The van der Waals surface area contributed by atoms with Crippen molar-refractivity contribution in [3.63, 3.8) is 0 Å². The molecule has 20 heavy (non-hydrogen) atoms. The molecular weight excluding hydrogens is 269 g/mol. The van der Waals surface area contributed by atoms with E-state index in [4.69, 9.17) is 5.73 Å². The second-order valence-corrected chi connectivity index (χ2v) is 5.98. The predicted molar refractivity (Wildman–Crippen MR) is 83.6 cm³/mol. The van der Waals surface area contributed by atoms with Crippen LogP contribution in [0.15, 0.2) is 47.8 Å². The average Bonchev–Trinajstić information content (AvgIpc) is 2.82. The minimum atomic E-state index is -0.209. The maximum absolute atomic E-state index is 13.2. The van der Waals surface area contributed by atoms with E-state index in [2.05, 4.69) is 17.5 Å². The molecule has 0 aliphatic carbocycles. The van der Waals surface area contributed by atoms with Gasteiger partial charge in [0.25, 0.3) is 0 Å². The Morgan fingerprint density at radius 2 is 2.00 bits per heavy atom. The van der Waals surface area contributed by atoms with Gasteiger partial charge in [-0.1, -0.05) is 24.3 Å². The molecule has 2 aromatic carbocycles. The lowest BCUT2D eigenvalue weighted by molar-refractivity contribution is 0.622. The van der Waals surface area contributed by atoms with Gasteiger partial charge < -0.3 is 5.73 Å². The van der Waals surface area contributed by atoms with E-state index in [9.17, 15) is 4.39 Å². The van der Waals surface area contributed by atoms with E-state index in [-0.39, 0.29) is 11.9 Å². The first-order valence-corrected chi connectivity index (χ1v) is 7.50. The Balaban J connectivity index is 1.90. The SMILES string of the molecule is Cc1cc(F)ccc1C(N)Cc1csc2ccccc12. The highest BCUT2D eigenvalue weighted by atomic mass is 32.1. The van der Waals surface area contributed by atoms with Gasteiger partial charge in [-0.2, -0.15) is 0 Å². The van der Waals surface area contributed by atoms with E-state index >= 15 is 0 Å². The van der Waals surface area contributed by atoms with Crippen LogP contribution in [0.2, 0.25) is 0 Å². The van der Waals surface area contributed by atoms with Crippen molar-refractivity contribution in [1.29, 1.82) is 0 Å². The molecule has 1 aromatic heterocycles. The normalized spacial score (nSPS) is 12.8. The molecule has 3 rings (SSSR count). The molecule has 1 heterocycles. The lowest BCUT2D eigenvalue weighted by Crippen LogP contribution is -2.14. The molecule has 1 atom stereocenters. The zero-order valence-corrected chi connectivity index (χ0v) is 12.1. The lowest BCUT2D eigenvalue weighted by Gasteiger charge is -2.14. The van der Waals surface area contributed by atoms with Crippen molar-refractivity contribution >= 4 is 21.4 Å². The van der Waals surface area contributed by atoms with Gasteiger partial charge in [-0.25, -0.2) is 4.39 Å². The second kappa shape index (κ2) is 5.35. The van der Waals surface area contributed by atoms with E-state index in [1.165, 1.54) is 21.7 Å². The van der Waals surface area contributed by atoms with Crippen molar-refractivity contribution in [2.24, 2.45) is 5.73 Å². The van der Waals surface area contributed by atoms with Gasteiger partial charge in [-0.05, 0) is 59.0 Å². The predicted octanol–water partition coefficient (Wildman–Crippen LogP) is 4.59. The number of fused-ring (bicyclic) bond motifs is 1. The average molecular weight is 285 g/mol. The molecule has 2 N–H and O–H groups in total. The Morgan fingerprint density at radius 1 is 1.20 bits per heavy atom. The highest BCUT2D eigenvalue weighted by molar-refractivity contribution is 7.17. The molecule has 0 aliphatic rings. The summed E-state index contributed by atoms with van der Waals surface area (Å²) in [5.41, 5.74) is 9.51. The first-order valence-electron chi connectivity index (χ1n) is 6.62. The van der Waals surface area contributed by atoms with Crippen LogP contribution in [0, 0.1) is 12.7 Å². The third kappa shape index (κ3) is 2.47. The minimum absolute atomic E-state index is 0.103. The van der Waals surface area contributed by atoms with Crippen LogP contribution in [-0.2, 0) is 6.42 Å². The number of aryl methyl sites for hydroxylation is 1. The van der Waals surface area contributed by atoms with Crippen LogP contribution in [0.3, 0.4) is 0 Å². The van der Waals surface area contributed by atoms with Gasteiger partial charge in [-0.15, -0.1) is 11.3 Å². The number of hydrogen-bond donors (Lipinski definition) is 1. The highest BCUT2D eigenvalue weighted by Crippen LogP contribution is 2.29. The monoisotopic (exact) mass is 285 g/mol. The van der Waals surface area contributed by atoms with Crippen molar-refractivity contribution in [2.45, 2.75) is 19.4 Å². The van der Waals surface area contributed by atoms with E-state index in [0.717, 1.165) is 17.5 Å². The molecule has 0 spiro atoms. The summed E-state index contributed by atoms with van der Waals surface area (Å²) < 4.78 is 14.4. The Labute approximate surface area is 121 Å². The standard InChI is InChI=1S/C17H16FNS/c1-11-8-13(18)6-7-14(11)16(19)9-12-10-20-17-5-3-2-4-15(12)17/h2-8,10,16H,9,19H2,1H3. The fourth-order valence-corrected chi connectivity index (χ4v) is 3.57. The van der Waals surface area contributed by atoms with Gasteiger partial charge in [0, 0.05) is 10.7 Å². The molecule has 102 valence electrons. The quantitative estimate of drug-likeness (QED) is 0.748. The molecule has 0 amide bonds. The van der Waals surface area contributed by atoms with Gasteiger partial charge in [0.15, 0.2) is 0 Å². The first kappa shape index (κ1) is 13.3. The van der Waals surface area contributed by atoms with Crippen LogP contribution in [0.4, 0.5) is 4.39 Å². The molecular formula is C17H16FNS. The number of halogens is 1.